The molecule has 1 saturated carbocycles. The molecule has 0 aliphatic heterocycles. The summed E-state index contributed by atoms with van der Waals surface area (Å²) >= 11 is 0. The molecule has 2 heteroatoms. The lowest BCUT2D eigenvalue weighted by Gasteiger charge is -2.19. The predicted octanol–water partition coefficient (Wildman–Crippen LogP) is 2.11. The van der Waals surface area contributed by atoms with Crippen LogP contribution >= 0.6 is 0 Å². The second kappa shape index (κ2) is 6.20. The maximum absolute atomic E-state index is 9.77. The molecule has 14 heavy (non-hydrogen) atoms. The van der Waals surface area contributed by atoms with E-state index in [4.69, 9.17) is 5.11 Å². The lowest BCUT2D eigenvalue weighted by atomic mass is 9.89. The van der Waals surface area contributed by atoms with Gasteiger partial charge in [-0.1, -0.05) is 19.1 Å². The molecule has 0 amide bonds. The molecule has 0 bridgehead atoms. The Morgan fingerprint density at radius 1 is 1.29 bits per heavy atom. The highest BCUT2D eigenvalue weighted by Gasteiger charge is 2.33. The first-order valence-electron chi connectivity index (χ1n) is 5.73. The Morgan fingerprint density at radius 3 is 2.71 bits per heavy atom. The van der Waals surface area contributed by atoms with Crippen LogP contribution in [0.5, 0.6) is 0 Å². The molecule has 0 saturated heterocycles. The standard InChI is InChI=1S/C12H22O2/c1-2-3-4-5-11-10(8-9-13)6-7-12(11)14/h3-4,10-14H,2,5-9H2,1H3/b4-3-/t10?,11-,12?/m1/s1. The van der Waals surface area contributed by atoms with Crippen LogP contribution in [0.25, 0.3) is 0 Å². The van der Waals surface area contributed by atoms with Crippen LogP contribution in [-0.2, 0) is 0 Å². The minimum absolute atomic E-state index is 0.145. The maximum atomic E-state index is 9.77. The van der Waals surface area contributed by atoms with E-state index in [2.05, 4.69) is 19.1 Å². The zero-order valence-corrected chi connectivity index (χ0v) is 9.02. The molecular formula is C12H22O2. The number of hydrogen-bond acceptors (Lipinski definition) is 2. The van der Waals surface area contributed by atoms with Gasteiger partial charge in [0.15, 0.2) is 0 Å². The molecule has 0 radical (unpaired) electrons. The van der Waals surface area contributed by atoms with Gasteiger partial charge >= 0.3 is 0 Å². The van der Waals surface area contributed by atoms with Crippen molar-refractivity contribution < 1.29 is 10.2 Å². The topological polar surface area (TPSA) is 40.5 Å². The minimum atomic E-state index is -0.145. The van der Waals surface area contributed by atoms with E-state index >= 15 is 0 Å². The molecule has 0 heterocycles. The molecule has 2 N–H and O–H groups in total. The van der Waals surface area contributed by atoms with Gasteiger partial charge in [-0.3, -0.25) is 0 Å². The monoisotopic (exact) mass is 198 g/mol. The van der Waals surface area contributed by atoms with E-state index in [1.807, 2.05) is 0 Å². The van der Waals surface area contributed by atoms with Crippen molar-refractivity contribution in [3.05, 3.63) is 12.2 Å². The fourth-order valence-electron chi connectivity index (χ4n) is 2.42. The summed E-state index contributed by atoms with van der Waals surface area (Å²) in [5.41, 5.74) is 0. The highest BCUT2D eigenvalue weighted by Crippen LogP contribution is 2.36. The third-order valence-electron chi connectivity index (χ3n) is 3.24. The smallest absolute Gasteiger partial charge is 0.0574 e. The van der Waals surface area contributed by atoms with Crippen molar-refractivity contribution in [1.82, 2.24) is 0 Å². The largest absolute Gasteiger partial charge is 0.396 e. The van der Waals surface area contributed by atoms with Gasteiger partial charge < -0.3 is 10.2 Å². The third-order valence-corrected chi connectivity index (χ3v) is 3.24. The van der Waals surface area contributed by atoms with E-state index < -0.39 is 0 Å². The zero-order chi connectivity index (χ0) is 10.4. The Balaban J connectivity index is 2.40. The molecule has 0 aromatic heterocycles. The summed E-state index contributed by atoms with van der Waals surface area (Å²) in [6, 6.07) is 0. The van der Waals surface area contributed by atoms with Crippen LogP contribution in [0.15, 0.2) is 12.2 Å². The molecular weight excluding hydrogens is 176 g/mol. The molecule has 1 fully saturated rings. The van der Waals surface area contributed by atoms with Gasteiger partial charge in [-0.25, -0.2) is 0 Å². The first kappa shape index (κ1) is 11.7. The summed E-state index contributed by atoms with van der Waals surface area (Å²) in [5, 5.41) is 18.7. The highest BCUT2D eigenvalue weighted by atomic mass is 16.3. The number of allylic oxidation sites excluding steroid dienone is 2. The molecule has 0 aromatic rings. The Kier molecular flexibility index (Phi) is 5.20. The average Bonchev–Trinajstić information content (AvgIpc) is 2.50. The molecule has 82 valence electrons. The van der Waals surface area contributed by atoms with E-state index in [9.17, 15) is 5.11 Å². The lowest BCUT2D eigenvalue weighted by Crippen LogP contribution is -2.19. The Morgan fingerprint density at radius 2 is 2.07 bits per heavy atom. The molecule has 2 unspecified atom stereocenters. The van der Waals surface area contributed by atoms with Gasteiger partial charge in [-0.2, -0.15) is 0 Å². The van der Waals surface area contributed by atoms with Crippen LogP contribution in [0.3, 0.4) is 0 Å². The van der Waals surface area contributed by atoms with Crippen molar-refractivity contribution in [3.63, 3.8) is 0 Å². The van der Waals surface area contributed by atoms with Crippen LogP contribution in [0.1, 0.15) is 39.0 Å². The van der Waals surface area contributed by atoms with Crippen LogP contribution < -0.4 is 0 Å². The quantitative estimate of drug-likeness (QED) is 0.664. The van der Waals surface area contributed by atoms with Gasteiger partial charge in [-0.05, 0) is 43.9 Å². The Bertz CT molecular complexity index is 175. The number of aliphatic hydroxyl groups excluding tert-OH is 2. The van der Waals surface area contributed by atoms with Crippen LogP contribution in [0.2, 0.25) is 0 Å². The van der Waals surface area contributed by atoms with Gasteiger partial charge in [0.1, 0.15) is 0 Å². The summed E-state index contributed by atoms with van der Waals surface area (Å²) in [6.45, 7) is 2.37. The predicted molar refractivity (Wildman–Crippen MR) is 58.0 cm³/mol. The van der Waals surface area contributed by atoms with E-state index in [0.717, 1.165) is 32.1 Å². The number of aliphatic hydroxyl groups is 2. The molecule has 1 aliphatic carbocycles. The molecule has 2 nitrogen and oxygen atoms in total. The van der Waals surface area contributed by atoms with Crippen molar-refractivity contribution in [2.24, 2.45) is 11.8 Å². The van der Waals surface area contributed by atoms with Gasteiger partial charge in [0.2, 0.25) is 0 Å². The second-order valence-electron chi connectivity index (χ2n) is 4.20. The molecule has 0 aromatic carbocycles. The fraction of sp³-hybridized carbons (Fsp3) is 0.833. The third kappa shape index (κ3) is 3.10. The van der Waals surface area contributed by atoms with E-state index in [1.165, 1.54) is 0 Å². The van der Waals surface area contributed by atoms with Gasteiger partial charge in [0, 0.05) is 6.61 Å². The maximum Gasteiger partial charge on any atom is 0.0574 e. The van der Waals surface area contributed by atoms with Crippen LogP contribution in [-0.4, -0.2) is 22.9 Å². The van der Waals surface area contributed by atoms with Crippen molar-refractivity contribution in [1.29, 1.82) is 0 Å². The number of rotatable bonds is 5. The van der Waals surface area contributed by atoms with Crippen molar-refractivity contribution >= 4 is 0 Å². The van der Waals surface area contributed by atoms with Crippen LogP contribution in [0.4, 0.5) is 0 Å². The van der Waals surface area contributed by atoms with Gasteiger partial charge in [0.25, 0.3) is 0 Å². The summed E-state index contributed by atoms with van der Waals surface area (Å²) in [7, 11) is 0. The lowest BCUT2D eigenvalue weighted by molar-refractivity contribution is 0.111. The summed E-state index contributed by atoms with van der Waals surface area (Å²) in [5.74, 6) is 0.904. The second-order valence-corrected chi connectivity index (χ2v) is 4.20. The first-order chi connectivity index (χ1) is 6.79. The molecule has 1 aliphatic rings. The Labute approximate surface area is 86.6 Å². The van der Waals surface area contributed by atoms with E-state index in [-0.39, 0.29) is 12.7 Å². The Hall–Kier alpha value is -0.340. The molecule has 0 spiro atoms. The van der Waals surface area contributed by atoms with Crippen molar-refractivity contribution in [3.8, 4) is 0 Å². The summed E-state index contributed by atoms with van der Waals surface area (Å²) < 4.78 is 0. The SMILES string of the molecule is CC/C=C\C[C@H]1C(O)CCC1CCO. The van der Waals surface area contributed by atoms with Crippen molar-refractivity contribution in [2.45, 2.75) is 45.1 Å². The molecule has 1 rings (SSSR count). The van der Waals surface area contributed by atoms with Gasteiger partial charge in [-0.15, -0.1) is 0 Å². The average molecular weight is 198 g/mol. The zero-order valence-electron chi connectivity index (χ0n) is 9.02. The summed E-state index contributed by atoms with van der Waals surface area (Å²) in [4.78, 5) is 0. The first-order valence-corrected chi connectivity index (χ1v) is 5.73. The highest BCUT2D eigenvalue weighted by molar-refractivity contribution is 4.91. The fourth-order valence-corrected chi connectivity index (χ4v) is 2.42. The normalized spacial score (nSPS) is 32.9. The molecule has 3 atom stereocenters. The number of hydrogen-bond donors (Lipinski definition) is 2. The van der Waals surface area contributed by atoms with Crippen LogP contribution in [0, 0.1) is 11.8 Å². The summed E-state index contributed by atoms with van der Waals surface area (Å²) in [6.07, 6.45) is 9.05. The minimum Gasteiger partial charge on any atom is -0.396 e. The van der Waals surface area contributed by atoms with E-state index in [0.29, 0.717) is 11.8 Å². The van der Waals surface area contributed by atoms with E-state index in [1.54, 1.807) is 0 Å². The van der Waals surface area contributed by atoms with Gasteiger partial charge in [0.05, 0.1) is 6.10 Å². The van der Waals surface area contributed by atoms with Crippen molar-refractivity contribution in [2.75, 3.05) is 6.61 Å².